The minimum Gasteiger partial charge on any atom is -0.395 e. The number of amides is 1. The van der Waals surface area contributed by atoms with E-state index in [0.29, 0.717) is 4.90 Å². The Bertz CT molecular complexity index is 420. The second-order valence-electron chi connectivity index (χ2n) is 3.58. The highest BCUT2D eigenvalue weighted by molar-refractivity contribution is 5.94. The first kappa shape index (κ1) is 14.4. The topological polar surface area (TPSA) is 40.5 Å². The minimum absolute atomic E-state index is 0.187. The van der Waals surface area contributed by atoms with Crippen LogP contribution in [0.15, 0.2) is 24.3 Å². The quantitative estimate of drug-likeness (QED) is 0.844. The second kappa shape index (κ2) is 5.81. The van der Waals surface area contributed by atoms with Gasteiger partial charge in [0.1, 0.15) is 12.4 Å². The van der Waals surface area contributed by atoms with E-state index >= 15 is 0 Å². The zero-order chi connectivity index (χ0) is 13.8. The predicted molar refractivity (Wildman–Crippen MR) is 55.4 cm³/mol. The van der Waals surface area contributed by atoms with Gasteiger partial charge >= 0.3 is 6.18 Å². The lowest BCUT2D eigenvalue weighted by molar-refractivity contribution is -0.141. The molecule has 0 aliphatic rings. The highest BCUT2D eigenvalue weighted by Crippen LogP contribution is 2.18. The molecule has 1 aromatic rings. The maximum Gasteiger partial charge on any atom is 0.406 e. The van der Waals surface area contributed by atoms with E-state index in [2.05, 4.69) is 0 Å². The molecule has 0 unspecified atom stereocenters. The monoisotopic (exact) mass is 265 g/mol. The van der Waals surface area contributed by atoms with Gasteiger partial charge in [-0.15, -0.1) is 0 Å². The number of hydrogen-bond acceptors (Lipinski definition) is 2. The average molecular weight is 265 g/mol. The van der Waals surface area contributed by atoms with Gasteiger partial charge in [0, 0.05) is 12.1 Å². The predicted octanol–water partition coefficient (Wildman–Crippen LogP) is 1.82. The molecule has 0 fully saturated rings. The van der Waals surface area contributed by atoms with Crippen molar-refractivity contribution in [1.82, 2.24) is 4.90 Å². The summed E-state index contributed by atoms with van der Waals surface area (Å²) >= 11 is 0. The first-order valence-electron chi connectivity index (χ1n) is 5.06. The molecule has 0 saturated carbocycles. The van der Waals surface area contributed by atoms with E-state index in [-0.39, 0.29) is 5.56 Å². The van der Waals surface area contributed by atoms with Gasteiger partial charge in [-0.3, -0.25) is 4.79 Å². The molecule has 0 spiro atoms. The molecule has 1 N–H and O–H groups in total. The number of aliphatic hydroxyl groups excluding tert-OH is 1. The van der Waals surface area contributed by atoms with E-state index in [1.54, 1.807) is 0 Å². The van der Waals surface area contributed by atoms with Crippen LogP contribution in [-0.4, -0.2) is 41.8 Å². The molecule has 0 aromatic heterocycles. The van der Waals surface area contributed by atoms with Gasteiger partial charge in [0.15, 0.2) is 0 Å². The van der Waals surface area contributed by atoms with Gasteiger partial charge in [-0.1, -0.05) is 6.07 Å². The molecule has 3 nitrogen and oxygen atoms in total. The average Bonchev–Trinajstić information content (AvgIpc) is 2.26. The summed E-state index contributed by atoms with van der Waals surface area (Å²) in [4.78, 5) is 12.1. The summed E-state index contributed by atoms with van der Waals surface area (Å²) in [6.45, 7) is -2.55. The van der Waals surface area contributed by atoms with E-state index in [9.17, 15) is 22.4 Å². The summed E-state index contributed by atoms with van der Waals surface area (Å²) in [5.41, 5.74) is -0.187. The molecule has 1 amide bonds. The molecule has 7 heteroatoms. The summed E-state index contributed by atoms with van der Waals surface area (Å²) in [6.07, 6.45) is -4.57. The van der Waals surface area contributed by atoms with Crippen molar-refractivity contribution in [2.45, 2.75) is 6.18 Å². The second-order valence-corrected chi connectivity index (χ2v) is 3.58. The minimum atomic E-state index is -4.57. The smallest absolute Gasteiger partial charge is 0.395 e. The Hall–Kier alpha value is -1.63. The van der Waals surface area contributed by atoms with Crippen LogP contribution in [0.25, 0.3) is 0 Å². The largest absolute Gasteiger partial charge is 0.406 e. The number of nitrogens with zero attached hydrogens (tertiary/aromatic N) is 1. The van der Waals surface area contributed by atoms with E-state index < -0.39 is 37.6 Å². The van der Waals surface area contributed by atoms with Gasteiger partial charge in [-0.2, -0.15) is 13.2 Å². The van der Waals surface area contributed by atoms with Crippen molar-refractivity contribution in [2.24, 2.45) is 0 Å². The molecule has 0 aliphatic heterocycles. The normalized spacial score (nSPS) is 11.4. The highest BCUT2D eigenvalue weighted by Gasteiger charge is 2.33. The van der Waals surface area contributed by atoms with Crippen molar-refractivity contribution >= 4 is 5.91 Å². The lowest BCUT2D eigenvalue weighted by Gasteiger charge is -2.23. The third kappa shape index (κ3) is 4.33. The molecule has 1 rings (SSSR count). The zero-order valence-electron chi connectivity index (χ0n) is 9.25. The number of halogens is 4. The van der Waals surface area contributed by atoms with Crippen LogP contribution < -0.4 is 0 Å². The van der Waals surface area contributed by atoms with Gasteiger partial charge in [0.25, 0.3) is 5.91 Å². The number of hydrogen-bond donors (Lipinski definition) is 1. The van der Waals surface area contributed by atoms with Crippen LogP contribution in [0.3, 0.4) is 0 Å². The Morgan fingerprint density at radius 2 is 2.00 bits per heavy atom. The lowest BCUT2D eigenvalue weighted by Crippen LogP contribution is -2.40. The van der Waals surface area contributed by atoms with Crippen LogP contribution in [0.2, 0.25) is 0 Å². The van der Waals surface area contributed by atoms with Gasteiger partial charge in [0.05, 0.1) is 6.61 Å². The molecule has 0 atom stereocenters. The van der Waals surface area contributed by atoms with E-state index in [4.69, 9.17) is 5.11 Å². The maximum atomic E-state index is 12.9. The number of rotatable bonds is 4. The van der Waals surface area contributed by atoms with Crippen LogP contribution in [0.5, 0.6) is 0 Å². The fourth-order valence-corrected chi connectivity index (χ4v) is 1.39. The number of carbonyl (C=O) groups is 1. The lowest BCUT2D eigenvalue weighted by atomic mass is 10.2. The molecule has 18 heavy (non-hydrogen) atoms. The van der Waals surface area contributed by atoms with Crippen LogP contribution >= 0.6 is 0 Å². The number of alkyl halides is 3. The first-order valence-corrected chi connectivity index (χ1v) is 5.06. The molecule has 100 valence electrons. The molecule has 0 bridgehead atoms. The number of carbonyl (C=O) groups excluding carboxylic acids is 1. The molecular weight excluding hydrogens is 254 g/mol. The Labute approximate surface area is 101 Å². The van der Waals surface area contributed by atoms with E-state index in [1.165, 1.54) is 12.1 Å². The van der Waals surface area contributed by atoms with Gasteiger partial charge in [0.2, 0.25) is 0 Å². The Morgan fingerprint density at radius 3 is 2.50 bits per heavy atom. The van der Waals surface area contributed by atoms with Crippen LogP contribution in [0.4, 0.5) is 17.6 Å². The van der Waals surface area contributed by atoms with Crippen molar-refractivity contribution in [3.8, 4) is 0 Å². The third-order valence-corrected chi connectivity index (χ3v) is 2.10. The summed E-state index contributed by atoms with van der Waals surface area (Å²) < 4.78 is 49.6. The SMILES string of the molecule is O=C(c1cccc(F)c1)N(CCO)CC(F)(F)F. The number of aliphatic hydroxyl groups is 1. The van der Waals surface area contributed by atoms with E-state index in [1.807, 2.05) is 0 Å². The van der Waals surface area contributed by atoms with Crippen LogP contribution in [-0.2, 0) is 0 Å². The summed E-state index contributed by atoms with van der Waals surface area (Å²) in [5, 5.41) is 8.65. The highest BCUT2D eigenvalue weighted by atomic mass is 19.4. The standard InChI is InChI=1S/C11H11F4NO2/c12-9-3-1-2-8(6-9)10(18)16(4-5-17)7-11(13,14)15/h1-3,6,17H,4-5,7H2. The van der Waals surface area contributed by atoms with Crippen molar-refractivity contribution in [3.05, 3.63) is 35.6 Å². The van der Waals surface area contributed by atoms with Crippen LogP contribution in [0, 0.1) is 5.82 Å². The Morgan fingerprint density at radius 1 is 1.33 bits per heavy atom. The fraction of sp³-hybridized carbons (Fsp3) is 0.364. The summed E-state index contributed by atoms with van der Waals surface area (Å²) in [5.74, 6) is -1.68. The number of benzene rings is 1. The van der Waals surface area contributed by atoms with Gasteiger partial charge in [-0.05, 0) is 18.2 Å². The van der Waals surface area contributed by atoms with E-state index in [0.717, 1.165) is 12.1 Å². The zero-order valence-corrected chi connectivity index (χ0v) is 9.25. The third-order valence-electron chi connectivity index (χ3n) is 2.10. The Kier molecular flexibility index (Phi) is 4.66. The van der Waals surface area contributed by atoms with Crippen molar-refractivity contribution in [1.29, 1.82) is 0 Å². The summed E-state index contributed by atoms with van der Waals surface area (Å²) in [7, 11) is 0. The molecule has 0 saturated heterocycles. The molecule has 0 radical (unpaired) electrons. The molecular formula is C11H11F4NO2. The maximum absolute atomic E-state index is 12.9. The van der Waals surface area contributed by atoms with Crippen molar-refractivity contribution in [3.63, 3.8) is 0 Å². The molecule has 0 heterocycles. The van der Waals surface area contributed by atoms with Crippen molar-refractivity contribution in [2.75, 3.05) is 19.7 Å². The van der Waals surface area contributed by atoms with Crippen LogP contribution in [0.1, 0.15) is 10.4 Å². The Balaban J connectivity index is 2.89. The first-order chi connectivity index (χ1) is 8.33. The van der Waals surface area contributed by atoms with Gasteiger partial charge < -0.3 is 10.0 Å². The molecule has 1 aromatic carbocycles. The fourth-order valence-electron chi connectivity index (χ4n) is 1.39. The van der Waals surface area contributed by atoms with Crippen molar-refractivity contribution < 1.29 is 27.5 Å². The molecule has 0 aliphatic carbocycles. The summed E-state index contributed by atoms with van der Waals surface area (Å²) in [6, 6.07) is 4.37. The van der Waals surface area contributed by atoms with Gasteiger partial charge in [-0.25, -0.2) is 4.39 Å².